The normalized spacial score (nSPS) is 20.8. The molecule has 0 N–H and O–H groups in total. The first-order valence-electron chi connectivity index (χ1n) is 9.24. The molecule has 4 heteroatoms. The Labute approximate surface area is 158 Å². The van der Waals surface area contributed by atoms with Crippen molar-refractivity contribution in [1.29, 1.82) is 0 Å². The molecule has 3 aromatic carbocycles. The number of ether oxygens (including phenoxy) is 1. The molecule has 27 heavy (non-hydrogen) atoms. The lowest BCUT2D eigenvalue weighted by atomic mass is 9.99. The molecule has 0 aromatic heterocycles. The SMILES string of the molecule is O=C1N(Cc2ccccc2)CC2C(c3ccccc3)Oc3ccccc3N12. The summed E-state index contributed by atoms with van der Waals surface area (Å²) in [6, 6.07) is 28.1. The zero-order valence-corrected chi connectivity index (χ0v) is 14.9. The summed E-state index contributed by atoms with van der Waals surface area (Å²) < 4.78 is 6.36. The maximum atomic E-state index is 13.3. The van der Waals surface area contributed by atoms with Gasteiger partial charge in [0, 0.05) is 13.1 Å². The lowest BCUT2D eigenvalue weighted by Gasteiger charge is -2.37. The van der Waals surface area contributed by atoms with E-state index in [9.17, 15) is 4.79 Å². The van der Waals surface area contributed by atoms with E-state index in [4.69, 9.17) is 4.74 Å². The number of fused-ring (bicyclic) bond motifs is 3. The maximum Gasteiger partial charge on any atom is 0.325 e. The van der Waals surface area contributed by atoms with Crippen molar-refractivity contribution in [2.24, 2.45) is 0 Å². The van der Waals surface area contributed by atoms with E-state index >= 15 is 0 Å². The highest BCUT2D eigenvalue weighted by molar-refractivity contribution is 5.97. The summed E-state index contributed by atoms with van der Waals surface area (Å²) in [5.41, 5.74) is 3.09. The van der Waals surface area contributed by atoms with Gasteiger partial charge in [-0.05, 0) is 23.3 Å². The van der Waals surface area contributed by atoms with Gasteiger partial charge in [0.15, 0.2) is 0 Å². The second-order valence-corrected chi connectivity index (χ2v) is 7.00. The van der Waals surface area contributed by atoms with Crippen LogP contribution >= 0.6 is 0 Å². The predicted octanol–water partition coefficient (Wildman–Crippen LogP) is 4.63. The fourth-order valence-corrected chi connectivity index (χ4v) is 4.03. The van der Waals surface area contributed by atoms with Crippen LogP contribution in [-0.4, -0.2) is 23.5 Å². The molecular weight excluding hydrogens is 336 g/mol. The molecule has 2 aliphatic heterocycles. The average molecular weight is 356 g/mol. The summed E-state index contributed by atoms with van der Waals surface area (Å²) in [6.45, 7) is 1.25. The molecule has 0 saturated carbocycles. The maximum absolute atomic E-state index is 13.3. The fourth-order valence-electron chi connectivity index (χ4n) is 4.03. The highest BCUT2D eigenvalue weighted by Crippen LogP contribution is 2.44. The van der Waals surface area contributed by atoms with Crippen molar-refractivity contribution < 1.29 is 9.53 Å². The number of hydrogen-bond donors (Lipinski definition) is 0. The molecule has 2 unspecified atom stereocenters. The number of hydrogen-bond acceptors (Lipinski definition) is 2. The molecule has 2 aliphatic rings. The summed E-state index contributed by atoms with van der Waals surface area (Å²) in [6.07, 6.45) is -0.175. The monoisotopic (exact) mass is 356 g/mol. The minimum atomic E-state index is -0.175. The minimum absolute atomic E-state index is 0.0422. The lowest BCUT2D eigenvalue weighted by Crippen LogP contribution is -2.43. The summed E-state index contributed by atoms with van der Waals surface area (Å²) >= 11 is 0. The number of urea groups is 1. The fraction of sp³-hybridized carbons (Fsp3) is 0.174. The average Bonchev–Trinajstić information content (AvgIpc) is 3.05. The predicted molar refractivity (Wildman–Crippen MR) is 105 cm³/mol. The molecule has 0 aliphatic carbocycles. The number of amides is 2. The van der Waals surface area contributed by atoms with Crippen LogP contribution in [0.1, 0.15) is 17.2 Å². The number of benzene rings is 3. The van der Waals surface area contributed by atoms with Crippen molar-refractivity contribution in [1.82, 2.24) is 4.90 Å². The Kier molecular flexibility index (Phi) is 3.82. The standard InChI is InChI=1S/C23H20N2O2/c26-23-24(15-17-9-3-1-4-10-17)16-20-22(18-11-5-2-6-12-18)27-21-14-8-7-13-19(21)25(20)23/h1-14,20,22H,15-16H2. The quantitative estimate of drug-likeness (QED) is 0.685. The third kappa shape index (κ3) is 2.74. The van der Waals surface area contributed by atoms with Crippen LogP contribution < -0.4 is 9.64 Å². The van der Waals surface area contributed by atoms with Crippen molar-refractivity contribution in [3.8, 4) is 5.75 Å². The van der Waals surface area contributed by atoms with Crippen LogP contribution in [0.2, 0.25) is 0 Å². The Hall–Kier alpha value is -3.27. The molecule has 2 heterocycles. The minimum Gasteiger partial charge on any atom is -0.481 e. The number of anilines is 1. The van der Waals surface area contributed by atoms with Crippen LogP contribution in [-0.2, 0) is 6.54 Å². The van der Waals surface area contributed by atoms with Crippen molar-refractivity contribution in [2.75, 3.05) is 11.4 Å². The zero-order valence-electron chi connectivity index (χ0n) is 14.9. The van der Waals surface area contributed by atoms with E-state index in [2.05, 4.69) is 24.3 Å². The van der Waals surface area contributed by atoms with Gasteiger partial charge in [-0.3, -0.25) is 4.90 Å². The largest absolute Gasteiger partial charge is 0.481 e. The first-order chi connectivity index (χ1) is 13.3. The molecule has 134 valence electrons. The molecule has 4 nitrogen and oxygen atoms in total. The first kappa shape index (κ1) is 15.9. The van der Waals surface area contributed by atoms with Gasteiger partial charge in [0.1, 0.15) is 11.9 Å². The van der Waals surface area contributed by atoms with Gasteiger partial charge in [-0.1, -0.05) is 72.8 Å². The molecule has 2 amide bonds. The topological polar surface area (TPSA) is 32.8 Å². The van der Waals surface area contributed by atoms with Gasteiger partial charge in [-0.2, -0.15) is 0 Å². The van der Waals surface area contributed by atoms with Crippen LogP contribution in [0, 0.1) is 0 Å². The van der Waals surface area contributed by atoms with Gasteiger partial charge in [-0.15, -0.1) is 0 Å². The van der Waals surface area contributed by atoms with E-state index in [1.807, 2.05) is 70.5 Å². The van der Waals surface area contributed by atoms with Crippen LogP contribution in [0.25, 0.3) is 0 Å². The van der Waals surface area contributed by atoms with Crippen molar-refractivity contribution >= 4 is 11.7 Å². The molecule has 3 aromatic rings. The van der Waals surface area contributed by atoms with Crippen LogP contribution in [0.15, 0.2) is 84.9 Å². The van der Waals surface area contributed by atoms with E-state index in [1.165, 1.54) is 0 Å². The lowest BCUT2D eigenvalue weighted by molar-refractivity contribution is 0.159. The smallest absolute Gasteiger partial charge is 0.325 e. The van der Waals surface area contributed by atoms with Gasteiger partial charge in [-0.25, -0.2) is 4.79 Å². The second kappa shape index (κ2) is 6.47. The van der Waals surface area contributed by atoms with Crippen LogP contribution in [0.4, 0.5) is 10.5 Å². The van der Waals surface area contributed by atoms with Gasteiger partial charge < -0.3 is 9.64 Å². The summed E-state index contributed by atoms with van der Waals surface area (Å²) in [5, 5.41) is 0. The molecule has 5 rings (SSSR count). The third-order valence-electron chi connectivity index (χ3n) is 5.29. The van der Waals surface area contributed by atoms with E-state index in [1.54, 1.807) is 0 Å². The Balaban J connectivity index is 1.53. The van der Waals surface area contributed by atoms with Gasteiger partial charge >= 0.3 is 6.03 Å². The molecule has 0 radical (unpaired) electrons. The molecule has 2 atom stereocenters. The summed E-state index contributed by atoms with van der Waals surface area (Å²) in [5.74, 6) is 0.762. The zero-order chi connectivity index (χ0) is 18.2. The van der Waals surface area contributed by atoms with Crippen LogP contribution in [0.5, 0.6) is 5.75 Å². The van der Waals surface area contributed by atoms with Crippen molar-refractivity contribution in [3.63, 3.8) is 0 Å². The number of carbonyl (C=O) groups excluding carboxylic acids is 1. The summed E-state index contributed by atoms with van der Waals surface area (Å²) in [7, 11) is 0. The number of rotatable bonds is 3. The Morgan fingerprint density at radius 1 is 0.852 bits per heavy atom. The molecule has 0 bridgehead atoms. The van der Waals surface area contributed by atoms with Crippen LogP contribution in [0.3, 0.4) is 0 Å². The van der Waals surface area contributed by atoms with E-state index in [-0.39, 0.29) is 18.2 Å². The molecule has 1 fully saturated rings. The number of para-hydroxylation sites is 2. The Bertz CT molecular complexity index is 958. The molecule has 0 spiro atoms. The number of nitrogens with zero attached hydrogens (tertiary/aromatic N) is 2. The summed E-state index contributed by atoms with van der Waals surface area (Å²) in [4.78, 5) is 17.1. The van der Waals surface area contributed by atoms with Gasteiger partial charge in [0.05, 0.1) is 11.7 Å². The molecule has 1 saturated heterocycles. The third-order valence-corrected chi connectivity index (χ3v) is 5.29. The van der Waals surface area contributed by atoms with E-state index in [0.717, 1.165) is 22.6 Å². The van der Waals surface area contributed by atoms with Gasteiger partial charge in [0.25, 0.3) is 0 Å². The van der Waals surface area contributed by atoms with Crippen molar-refractivity contribution in [2.45, 2.75) is 18.7 Å². The Morgan fingerprint density at radius 2 is 1.52 bits per heavy atom. The number of carbonyl (C=O) groups is 1. The first-order valence-corrected chi connectivity index (χ1v) is 9.24. The Morgan fingerprint density at radius 3 is 2.30 bits per heavy atom. The van der Waals surface area contributed by atoms with E-state index in [0.29, 0.717) is 13.1 Å². The highest BCUT2D eigenvalue weighted by atomic mass is 16.5. The van der Waals surface area contributed by atoms with Gasteiger partial charge in [0.2, 0.25) is 0 Å². The second-order valence-electron chi connectivity index (χ2n) is 7.00. The van der Waals surface area contributed by atoms with Crippen molar-refractivity contribution in [3.05, 3.63) is 96.1 Å². The van der Waals surface area contributed by atoms with E-state index < -0.39 is 0 Å². The molecular formula is C23H20N2O2. The highest BCUT2D eigenvalue weighted by Gasteiger charge is 2.47.